The minimum absolute atomic E-state index is 0.0944. The van der Waals surface area contributed by atoms with Gasteiger partial charge in [0.2, 0.25) is 0 Å². The van der Waals surface area contributed by atoms with Gasteiger partial charge in [-0.2, -0.15) is 0 Å². The second-order valence-electron chi connectivity index (χ2n) is 4.45. The van der Waals surface area contributed by atoms with Crippen molar-refractivity contribution in [2.45, 2.75) is 12.8 Å². The Morgan fingerprint density at radius 3 is 2.60 bits per heavy atom. The van der Waals surface area contributed by atoms with Gasteiger partial charge in [-0.3, -0.25) is 0 Å². The topological polar surface area (TPSA) is 38.7 Å². The van der Waals surface area contributed by atoms with E-state index in [1.54, 1.807) is 0 Å². The van der Waals surface area contributed by atoms with Crippen LogP contribution in [0.2, 0.25) is 0 Å². The third kappa shape index (κ3) is 3.03. The summed E-state index contributed by atoms with van der Waals surface area (Å²) in [5.74, 6) is 2.33. The summed E-state index contributed by atoms with van der Waals surface area (Å²) < 4.78 is 10.7. The van der Waals surface area contributed by atoms with Gasteiger partial charge in [-0.1, -0.05) is 12.2 Å². The van der Waals surface area contributed by atoms with E-state index in [2.05, 4.69) is 12.2 Å². The van der Waals surface area contributed by atoms with Gasteiger partial charge in [0.25, 0.3) is 0 Å². The van der Waals surface area contributed by atoms with Crippen LogP contribution in [-0.2, 0) is 9.47 Å². The maximum absolute atomic E-state index is 8.49. The zero-order valence-corrected chi connectivity index (χ0v) is 9.10. The average Bonchev–Trinajstić information content (AvgIpc) is 2.85. The maximum atomic E-state index is 8.49. The molecule has 0 radical (unpaired) electrons. The largest absolute Gasteiger partial charge is 0.394 e. The Morgan fingerprint density at radius 1 is 1.07 bits per heavy atom. The van der Waals surface area contributed by atoms with Gasteiger partial charge < -0.3 is 14.6 Å². The summed E-state index contributed by atoms with van der Waals surface area (Å²) in [7, 11) is 0. The summed E-state index contributed by atoms with van der Waals surface area (Å²) in [5.41, 5.74) is 0. The summed E-state index contributed by atoms with van der Waals surface area (Å²) in [6.07, 6.45) is 7.35. The van der Waals surface area contributed by atoms with Crippen molar-refractivity contribution in [3.05, 3.63) is 12.2 Å². The highest BCUT2D eigenvalue weighted by atomic mass is 16.5. The van der Waals surface area contributed by atoms with Gasteiger partial charge in [0, 0.05) is 0 Å². The molecule has 86 valence electrons. The minimum atomic E-state index is 0.0944. The van der Waals surface area contributed by atoms with Crippen LogP contribution in [0.5, 0.6) is 0 Å². The van der Waals surface area contributed by atoms with Crippen molar-refractivity contribution in [2.75, 3.05) is 33.0 Å². The number of hydrogen-bond acceptors (Lipinski definition) is 3. The van der Waals surface area contributed by atoms with Gasteiger partial charge in [0.05, 0.1) is 33.0 Å². The van der Waals surface area contributed by atoms with E-state index in [1.807, 2.05) is 0 Å². The van der Waals surface area contributed by atoms with Crippen LogP contribution >= 0.6 is 0 Å². The molecule has 0 saturated heterocycles. The van der Waals surface area contributed by atoms with Crippen molar-refractivity contribution < 1.29 is 14.6 Å². The molecule has 0 spiro atoms. The van der Waals surface area contributed by atoms with Gasteiger partial charge in [0.15, 0.2) is 0 Å². The molecule has 2 unspecified atom stereocenters. The lowest BCUT2D eigenvalue weighted by Gasteiger charge is -2.17. The minimum Gasteiger partial charge on any atom is -0.394 e. The fraction of sp³-hybridized carbons (Fsp3) is 0.833. The molecule has 15 heavy (non-hydrogen) atoms. The van der Waals surface area contributed by atoms with E-state index in [4.69, 9.17) is 14.6 Å². The van der Waals surface area contributed by atoms with Crippen molar-refractivity contribution in [3.63, 3.8) is 0 Å². The van der Waals surface area contributed by atoms with Crippen molar-refractivity contribution in [3.8, 4) is 0 Å². The molecule has 1 N–H and O–H groups in total. The summed E-state index contributed by atoms with van der Waals surface area (Å²) >= 11 is 0. The molecule has 3 nitrogen and oxygen atoms in total. The standard InChI is InChI=1S/C12H20O3/c13-3-4-14-5-6-15-9-12-8-10-1-2-11(12)7-10/h1-2,10-13H,3-9H2/t10?,11?,12-/m1/s1. The van der Waals surface area contributed by atoms with Crippen molar-refractivity contribution in [2.24, 2.45) is 17.8 Å². The Morgan fingerprint density at radius 2 is 1.93 bits per heavy atom. The first-order chi connectivity index (χ1) is 7.40. The lowest BCUT2D eigenvalue weighted by atomic mass is 9.95. The Labute approximate surface area is 91.1 Å². The zero-order valence-electron chi connectivity index (χ0n) is 9.10. The van der Waals surface area contributed by atoms with Gasteiger partial charge in [-0.25, -0.2) is 0 Å². The highest BCUT2D eigenvalue weighted by Crippen LogP contribution is 2.43. The van der Waals surface area contributed by atoms with Crippen LogP contribution in [0.1, 0.15) is 12.8 Å². The first-order valence-electron chi connectivity index (χ1n) is 5.85. The molecule has 0 aliphatic heterocycles. The van der Waals surface area contributed by atoms with E-state index >= 15 is 0 Å². The van der Waals surface area contributed by atoms with Gasteiger partial charge in [-0.15, -0.1) is 0 Å². The number of aliphatic hydroxyl groups excluding tert-OH is 1. The first-order valence-corrected chi connectivity index (χ1v) is 5.85. The van der Waals surface area contributed by atoms with Gasteiger partial charge in [-0.05, 0) is 30.6 Å². The fourth-order valence-corrected chi connectivity index (χ4v) is 2.61. The quantitative estimate of drug-likeness (QED) is 0.509. The lowest BCUT2D eigenvalue weighted by Crippen LogP contribution is -2.16. The molecule has 1 saturated carbocycles. The molecule has 3 heteroatoms. The number of ether oxygens (including phenoxy) is 2. The molecular weight excluding hydrogens is 192 g/mol. The van der Waals surface area contributed by atoms with Gasteiger partial charge in [0.1, 0.15) is 0 Å². The van der Waals surface area contributed by atoms with Crippen LogP contribution in [0.3, 0.4) is 0 Å². The SMILES string of the molecule is OCCOCCOC[C@H]1CC2C=CC1C2. The molecule has 0 aromatic heterocycles. The molecule has 2 rings (SSSR count). The highest BCUT2D eigenvalue weighted by molar-refractivity contribution is 5.09. The lowest BCUT2D eigenvalue weighted by molar-refractivity contribution is 0.0192. The Bertz CT molecular complexity index is 215. The molecular formula is C12H20O3. The number of allylic oxidation sites excluding steroid dienone is 2. The third-order valence-corrected chi connectivity index (χ3v) is 3.36. The van der Waals surface area contributed by atoms with E-state index in [0.717, 1.165) is 24.4 Å². The zero-order chi connectivity index (χ0) is 10.5. The summed E-state index contributed by atoms with van der Waals surface area (Å²) in [5, 5.41) is 8.49. The molecule has 1 fully saturated rings. The van der Waals surface area contributed by atoms with Crippen molar-refractivity contribution in [1.29, 1.82) is 0 Å². The van der Waals surface area contributed by atoms with Crippen LogP contribution < -0.4 is 0 Å². The molecule has 0 amide bonds. The van der Waals surface area contributed by atoms with E-state index in [-0.39, 0.29) is 6.61 Å². The van der Waals surface area contributed by atoms with Crippen molar-refractivity contribution in [1.82, 2.24) is 0 Å². The number of aliphatic hydroxyl groups is 1. The predicted molar refractivity (Wildman–Crippen MR) is 57.6 cm³/mol. The van der Waals surface area contributed by atoms with Crippen LogP contribution in [-0.4, -0.2) is 38.1 Å². The van der Waals surface area contributed by atoms with Crippen LogP contribution in [0.15, 0.2) is 12.2 Å². The first kappa shape index (κ1) is 11.1. The summed E-state index contributed by atoms with van der Waals surface area (Å²) in [6, 6.07) is 0. The van der Waals surface area contributed by atoms with Crippen LogP contribution in [0.4, 0.5) is 0 Å². The van der Waals surface area contributed by atoms with Gasteiger partial charge >= 0.3 is 0 Å². The second-order valence-corrected chi connectivity index (χ2v) is 4.45. The molecule has 2 aliphatic rings. The third-order valence-electron chi connectivity index (χ3n) is 3.36. The summed E-state index contributed by atoms with van der Waals surface area (Å²) in [4.78, 5) is 0. The van der Waals surface area contributed by atoms with E-state index < -0.39 is 0 Å². The number of fused-ring (bicyclic) bond motifs is 2. The highest BCUT2D eigenvalue weighted by Gasteiger charge is 2.35. The van der Waals surface area contributed by atoms with Crippen molar-refractivity contribution >= 4 is 0 Å². The second kappa shape index (κ2) is 5.64. The molecule has 0 aromatic rings. The van der Waals surface area contributed by atoms with Crippen LogP contribution in [0.25, 0.3) is 0 Å². The Hall–Kier alpha value is -0.380. The molecule has 0 heterocycles. The monoisotopic (exact) mass is 212 g/mol. The number of hydrogen-bond donors (Lipinski definition) is 1. The number of rotatable bonds is 7. The predicted octanol–water partition coefficient (Wildman–Crippen LogP) is 1.22. The average molecular weight is 212 g/mol. The molecule has 2 bridgehead atoms. The van der Waals surface area contributed by atoms with E-state index in [0.29, 0.717) is 19.8 Å². The smallest absolute Gasteiger partial charge is 0.0701 e. The maximum Gasteiger partial charge on any atom is 0.0701 e. The van der Waals surface area contributed by atoms with E-state index in [9.17, 15) is 0 Å². The Balaban J connectivity index is 1.50. The fourth-order valence-electron chi connectivity index (χ4n) is 2.61. The molecule has 0 aromatic carbocycles. The molecule has 2 aliphatic carbocycles. The normalized spacial score (nSPS) is 32.7. The summed E-state index contributed by atoms with van der Waals surface area (Å²) in [6.45, 7) is 2.63. The Kier molecular flexibility index (Phi) is 4.18. The van der Waals surface area contributed by atoms with Crippen LogP contribution in [0, 0.1) is 17.8 Å². The molecule has 3 atom stereocenters. The van der Waals surface area contributed by atoms with E-state index in [1.165, 1.54) is 12.8 Å².